The Labute approximate surface area is 200 Å². The van der Waals surface area contributed by atoms with E-state index >= 15 is 0 Å². The number of hydrogen-bond acceptors (Lipinski definition) is 6. The maximum atomic E-state index is 12.9. The normalized spacial score (nSPS) is 15.3. The maximum absolute atomic E-state index is 12.9. The number of carbonyl (C=O) groups is 1. The van der Waals surface area contributed by atoms with Gasteiger partial charge in [-0.05, 0) is 44.0 Å². The molecule has 34 heavy (non-hydrogen) atoms. The zero-order chi connectivity index (χ0) is 23.9. The summed E-state index contributed by atoms with van der Waals surface area (Å²) in [5.74, 6) is 1.76. The Hall–Kier alpha value is -3.36. The molecule has 1 fully saturated rings. The third-order valence-corrected chi connectivity index (χ3v) is 5.81. The molecule has 0 aliphatic carbocycles. The summed E-state index contributed by atoms with van der Waals surface area (Å²) in [6.45, 7) is 3.49. The molecule has 1 aliphatic rings. The number of aromatic nitrogens is 2. The number of hydrogen-bond donors (Lipinski definition) is 0. The molecule has 0 unspecified atom stereocenters. The molecular formula is C26H31N3O5. The van der Waals surface area contributed by atoms with Gasteiger partial charge in [0.05, 0.1) is 36.7 Å². The number of aryl methyl sites for hydroxylation is 1. The van der Waals surface area contributed by atoms with E-state index in [-0.39, 0.29) is 18.6 Å². The van der Waals surface area contributed by atoms with E-state index < -0.39 is 0 Å². The van der Waals surface area contributed by atoms with E-state index in [2.05, 4.69) is 0 Å². The Balaban J connectivity index is 1.72. The van der Waals surface area contributed by atoms with Crippen LogP contribution in [-0.4, -0.2) is 60.7 Å². The van der Waals surface area contributed by atoms with Gasteiger partial charge in [0.15, 0.2) is 0 Å². The Kier molecular flexibility index (Phi) is 7.82. The molecular weight excluding hydrogens is 434 g/mol. The minimum atomic E-state index is -0.0998. The fourth-order valence-corrected chi connectivity index (χ4v) is 4.04. The molecule has 8 nitrogen and oxygen atoms in total. The van der Waals surface area contributed by atoms with Gasteiger partial charge < -0.3 is 23.8 Å². The molecule has 1 amide bonds. The molecule has 180 valence electrons. The van der Waals surface area contributed by atoms with Gasteiger partial charge in [0, 0.05) is 26.3 Å². The van der Waals surface area contributed by atoms with Crippen LogP contribution in [-0.2, 0) is 20.8 Å². The summed E-state index contributed by atoms with van der Waals surface area (Å²) in [4.78, 5) is 14.7. The van der Waals surface area contributed by atoms with Crippen LogP contribution < -0.4 is 9.47 Å². The molecule has 1 atom stereocenters. The molecule has 4 rings (SSSR count). The second-order valence-corrected chi connectivity index (χ2v) is 8.24. The van der Waals surface area contributed by atoms with Gasteiger partial charge in [-0.25, -0.2) is 4.68 Å². The highest BCUT2D eigenvalue weighted by atomic mass is 16.5. The number of nitrogens with zero attached hydrogens (tertiary/aromatic N) is 3. The number of amides is 1. The van der Waals surface area contributed by atoms with E-state index in [1.807, 2.05) is 61.5 Å². The quantitative estimate of drug-likeness (QED) is 0.448. The van der Waals surface area contributed by atoms with Gasteiger partial charge in [0.25, 0.3) is 0 Å². The molecule has 1 aromatic heterocycles. The van der Waals surface area contributed by atoms with Crippen molar-refractivity contribution in [2.24, 2.45) is 0 Å². The molecule has 2 aromatic carbocycles. The summed E-state index contributed by atoms with van der Waals surface area (Å²) in [5, 5.41) is 4.77. The number of rotatable bonds is 10. The molecule has 1 aliphatic heterocycles. The lowest BCUT2D eigenvalue weighted by Crippen LogP contribution is -2.39. The first-order valence-electron chi connectivity index (χ1n) is 11.4. The summed E-state index contributed by atoms with van der Waals surface area (Å²) in [6, 6.07) is 17.2. The SMILES string of the molecule is COCC(=O)N(Cc1c(C)nn(-c2ccccc2)c1Oc1cccc(OC)c1)C[C@H]1CCCO1. The first-order valence-corrected chi connectivity index (χ1v) is 11.4. The summed E-state index contributed by atoms with van der Waals surface area (Å²) in [6.07, 6.45) is 1.96. The number of benzene rings is 2. The predicted octanol–water partition coefficient (Wildman–Crippen LogP) is 4.14. The molecule has 3 aromatic rings. The fraction of sp³-hybridized carbons (Fsp3) is 0.385. The van der Waals surface area contributed by atoms with Gasteiger partial charge in [0.2, 0.25) is 11.8 Å². The van der Waals surface area contributed by atoms with Crippen LogP contribution in [0.5, 0.6) is 17.4 Å². The number of carbonyl (C=O) groups excluding carboxylic acids is 1. The zero-order valence-electron chi connectivity index (χ0n) is 19.9. The molecule has 0 saturated carbocycles. The Bertz CT molecular complexity index is 1090. The van der Waals surface area contributed by atoms with Crippen molar-refractivity contribution in [2.45, 2.75) is 32.4 Å². The molecule has 0 radical (unpaired) electrons. The Morgan fingerprint density at radius 2 is 1.94 bits per heavy atom. The van der Waals surface area contributed by atoms with Gasteiger partial charge in [-0.2, -0.15) is 5.10 Å². The van der Waals surface area contributed by atoms with Crippen LogP contribution in [0.3, 0.4) is 0 Å². The van der Waals surface area contributed by atoms with Crippen LogP contribution in [0.2, 0.25) is 0 Å². The molecule has 1 saturated heterocycles. The summed E-state index contributed by atoms with van der Waals surface area (Å²) >= 11 is 0. The van der Waals surface area contributed by atoms with Crippen molar-refractivity contribution < 1.29 is 23.7 Å². The minimum Gasteiger partial charge on any atom is -0.497 e. The summed E-state index contributed by atoms with van der Waals surface area (Å²) in [5.41, 5.74) is 2.47. The van der Waals surface area contributed by atoms with Gasteiger partial charge in [0.1, 0.15) is 18.1 Å². The van der Waals surface area contributed by atoms with Crippen molar-refractivity contribution in [2.75, 3.05) is 34.0 Å². The highest BCUT2D eigenvalue weighted by Gasteiger charge is 2.27. The van der Waals surface area contributed by atoms with Gasteiger partial charge >= 0.3 is 0 Å². The lowest BCUT2D eigenvalue weighted by atomic mass is 10.2. The Morgan fingerprint density at radius 3 is 2.65 bits per heavy atom. The van der Waals surface area contributed by atoms with Gasteiger partial charge in [-0.15, -0.1) is 0 Å². The van der Waals surface area contributed by atoms with Gasteiger partial charge in [-0.3, -0.25) is 4.79 Å². The van der Waals surface area contributed by atoms with Gasteiger partial charge in [-0.1, -0.05) is 24.3 Å². The number of methoxy groups -OCH3 is 2. The molecule has 2 heterocycles. The highest BCUT2D eigenvalue weighted by molar-refractivity contribution is 5.77. The molecule has 0 N–H and O–H groups in total. The molecule has 0 bridgehead atoms. The lowest BCUT2D eigenvalue weighted by Gasteiger charge is -2.25. The van der Waals surface area contributed by atoms with Crippen LogP contribution in [0.1, 0.15) is 24.1 Å². The van der Waals surface area contributed by atoms with Crippen LogP contribution in [0.4, 0.5) is 0 Å². The van der Waals surface area contributed by atoms with Crippen molar-refractivity contribution in [3.63, 3.8) is 0 Å². The van der Waals surface area contributed by atoms with Crippen molar-refractivity contribution in [3.05, 3.63) is 65.9 Å². The van der Waals surface area contributed by atoms with Crippen molar-refractivity contribution in [1.82, 2.24) is 14.7 Å². The highest BCUT2D eigenvalue weighted by Crippen LogP contribution is 2.33. The number of para-hydroxylation sites is 1. The third-order valence-electron chi connectivity index (χ3n) is 5.81. The van der Waals surface area contributed by atoms with Crippen LogP contribution in [0.15, 0.2) is 54.6 Å². The second kappa shape index (κ2) is 11.2. The van der Waals surface area contributed by atoms with E-state index in [4.69, 9.17) is 24.0 Å². The topological polar surface area (TPSA) is 75.1 Å². The van der Waals surface area contributed by atoms with Crippen molar-refractivity contribution in [3.8, 4) is 23.1 Å². The third kappa shape index (κ3) is 5.58. The predicted molar refractivity (Wildman–Crippen MR) is 128 cm³/mol. The van der Waals surface area contributed by atoms with Crippen molar-refractivity contribution in [1.29, 1.82) is 0 Å². The van der Waals surface area contributed by atoms with E-state index in [1.165, 1.54) is 7.11 Å². The molecule has 0 spiro atoms. The Morgan fingerprint density at radius 1 is 1.15 bits per heavy atom. The molecule has 8 heteroatoms. The average molecular weight is 466 g/mol. The second-order valence-electron chi connectivity index (χ2n) is 8.24. The lowest BCUT2D eigenvalue weighted by molar-refractivity contribution is -0.137. The fourth-order valence-electron chi connectivity index (χ4n) is 4.04. The van der Waals surface area contributed by atoms with Crippen LogP contribution in [0, 0.1) is 6.92 Å². The van der Waals surface area contributed by atoms with E-state index in [0.29, 0.717) is 30.5 Å². The largest absolute Gasteiger partial charge is 0.497 e. The first-order chi connectivity index (χ1) is 16.6. The monoisotopic (exact) mass is 465 g/mol. The van der Waals surface area contributed by atoms with E-state index in [1.54, 1.807) is 16.7 Å². The van der Waals surface area contributed by atoms with E-state index in [9.17, 15) is 4.79 Å². The minimum absolute atomic E-state index is 0.00463. The van der Waals surface area contributed by atoms with Crippen molar-refractivity contribution >= 4 is 5.91 Å². The van der Waals surface area contributed by atoms with Crippen LogP contribution in [0.25, 0.3) is 5.69 Å². The first kappa shape index (κ1) is 23.8. The van der Waals surface area contributed by atoms with E-state index in [0.717, 1.165) is 36.4 Å². The summed E-state index contributed by atoms with van der Waals surface area (Å²) in [7, 11) is 3.14. The zero-order valence-corrected chi connectivity index (χ0v) is 19.9. The number of ether oxygens (including phenoxy) is 4. The smallest absolute Gasteiger partial charge is 0.248 e. The van der Waals surface area contributed by atoms with Crippen LogP contribution >= 0.6 is 0 Å². The average Bonchev–Trinajstić information content (AvgIpc) is 3.48. The summed E-state index contributed by atoms with van der Waals surface area (Å²) < 4.78 is 24.5. The standard InChI is InChI=1S/C26H31N3O5/c1-19-24(17-28(25(30)18-31-2)16-23-13-8-14-33-23)26(29(27-19)20-9-5-4-6-10-20)34-22-12-7-11-21(15-22)32-3/h4-7,9-12,15,23H,8,13-14,16-18H2,1-3H3/t23-/m1/s1. The maximum Gasteiger partial charge on any atom is 0.248 e.